The summed E-state index contributed by atoms with van der Waals surface area (Å²) in [4.78, 5) is -0.215. The predicted molar refractivity (Wildman–Crippen MR) is 81.1 cm³/mol. The van der Waals surface area contributed by atoms with Crippen molar-refractivity contribution in [2.45, 2.75) is 11.1 Å². The second-order valence-electron chi connectivity index (χ2n) is 4.44. The fraction of sp³-hybridized carbons (Fsp3) is 0.0714. The van der Waals surface area contributed by atoms with Gasteiger partial charge in [0.1, 0.15) is 0 Å². The van der Waals surface area contributed by atoms with Gasteiger partial charge in [0, 0.05) is 10.2 Å². The largest absolute Gasteiger partial charge is 0.417 e. The zero-order chi connectivity index (χ0) is 17.3. The second-order valence-corrected chi connectivity index (χ2v) is 6.97. The molecule has 0 amide bonds. The van der Waals surface area contributed by atoms with E-state index in [-0.39, 0.29) is 20.6 Å². The molecule has 1 N–H and O–H groups in total. The summed E-state index contributed by atoms with van der Waals surface area (Å²) in [5.74, 6) is 0. The van der Waals surface area contributed by atoms with Crippen LogP contribution in [-0.4, -0.2) is 8.42 Å². The summed E-state index contributed by atoms with van der Waals surface area (Å²) in [6.45, 7) is 0. The highest BCUT2D eigenvalue weighted by Gasteiger charge is 2.33. The maximum Gasteiger partial charge on any atom is 0.417 e. The van der Waals surface area contributed by atoms with Crippen molar-refractivity contribution in [1.29, 1.82) is 5.26 Å². The zero-order valence-electron chi connectivity index (χ0n) is 11.2. The Bertz CT molecular complexity index is 890. The molecule has 0 heterocycles. The van der Waals surface area contributed by atoms with Gasteiger partial charge in [-0.2, -0.15) is 18.4 Å². The number of nitrogens with one attached hydrogen (secondary N) is 1. The monoisotopic (exact) mass is 404 g/mol. The Morgan fingerprint density at radius 1 is 1.13 bits per heavy atom. The van der Waals surface area contributed by atoms with E-state index in [9.17, 15) is 21.6 Å². The van der Waals surface area contributed by atoms with Crippen molar-refractivity contribution < 1.29 is 21.6 Å². The van der Waals surface area contributed by atoms with Crippen LogP contribution in [0.25, 0.3) is 0 Å². The Hall–Kier alpha value is -2.05. The number of nitrogens with zero attached hydrogens (tertiary/aromatic N) is 1. The van der Waals surface area contributed by atoms with E-state index in [1.54, 1.807) is 6.07 Å². The lowest BCUT2D eigenvalue weighted by Crippen LogP contribution is -2.14. The molecule has 0 saturated carbocycles. The normalized spacial score (nSPS) is 11.8. The summed E-state index contributed by atoms with van der Waals surface area (Å²) in [6.07, 6.45) is -4.62. The lowest BCUT2D eigenvalue weighted by Gasteiger charge is -2.13. The van der Waals surface area contributed by atoms with Gasteiger partial charge >= 0.3 is 6.18 Å². The molecule has 0 aliphatic heterocycles. The molecule has 2 aromatic rings. The molecule has 2 rings (SSSR count). The number of benzene rings is 2. The van der Waals surface area contributed by atoms with Crippen LogP contribution in [0.15, 0.2) is 51.8 Å². The first-order valence-corrected chi connectivity index (χ1v) is 8.31. The number of rotatable bonds is 3. The highest BCUT2D eigenvalue weighted by molar-refractivity contribution is 9.10. The van der Waals surface area contributed by atoms with Gasteiger partial charge in [-0.05, 0) is 36.4 Å². The number of alkyl halides is 3. The number of sulfonamides is 1. The van der Waals surface area contributed by atoms with Gasteiger partial charge in [0.05, 0.1) is 22.1 Å². The SMILES string of the molecule is N#Cc1cccc(S(=O)(=O)Nc2ccc(Br)c(C(F)(F)F)c2)c1. The number of halogens is 4. The van der Waals surface area contributed by atoms with Crippen LogP contribution in [0.3, 0.4) is 0 Å². The zero-order valence-corrected chi connectivity index (χ0v) is 13.6. The molecule has 0 radical (unpaired) electrons. The van der Waals surface area contributed by atoms with Crippen LogP contribution >= 0.6 is 15.9 Å². The van der Waals surface area contributed by atoms with Gasteiger partial charge < -0.3 is 0 Å². The quantitative estimate of drug-likeness (QED) is 0.835. The lowest BCUT2D eigenvalue weighted by molar-refractivity contribution is -0.138. The van der Waals surface area contributed by atoms with Crippen LogP contribution < -0.4 is 4.72 Å². The van der Waals surface area contributed by atoms with E-state index < -0.39 is 21.8 Å². The van der Waals surface area contributed by atoms with Gasteiger partial charge in [0.15, 0.2) is 0 Å². The highest BCUT2D eigenvalue weighted by Crippen LogP contribution is 2.36. The maximum absolute atomic E-state index is 12.8. The number of nitriles is 1. The molecule has 4 nitrogen and oxygen atoms in total. The molecule has 9 heteroatoms. The smallest absolute Gasteiger partial charge is 0.280 e. The number of anilines is 1. The molecule has 2 aromatic carbocycles. The van der Waals surface area contributed by atoms with Crippen molar-refractivity contribution in [3.05, 3.63) is 58.1 Å². The molecule has 0 spiro atoms. The van der Waals surface area contributed by atoms with Crippen LogP contribution in [0, 0.1) is 11.3 Å². The lowest BCUT2D eigenvalue weighted by atomic mass is 10.2. The molecule has 0 aliphatic rings. The van der Waals surface area contributed by atoms with Crippen molar-refractivity contribution >= 4 is 31.6 Å². The third kappa shape index (κ3) is 4.03. The van der Waals surface area contributed by atoms with Crippen molar-refractivity contribution in [3.8, 4) is 6.07 Å². The molecule has 0 atom stereocenters. The minimum atomic E-state index is -4.62. The van der Waals surface area contributed by atoms with E-state index in [0.29, 0.717) is 6.07 Å². The van der Waals surface area contributed by atoms with Crippen molar-refractivity contribution in [3.63, 3.8) is 0 Å². The molecule has 0 bridgehead atoms. The minimum Gasteiger partial charge on any atom is -0.280 e. The van der Waals surface area contributed by atoms with E-state index in [1.165, 1.54) is 24.3 Å². The van der Waals surface area contributed by atoms with Gasteiger partial charge in [0.25, 0.3) is 10.0 Å². The van der Waals surface area contributed by atoms with Crippen molar-refractivity contribution in [2.24, 2.45) is 0 Å². The van der Waals surface area contributed by atoms with Gasteiger partial charge in [-0.1, -0.05) is 22.0 Å². The molecular formula is C14H8BrF3N2O2S. The summed E-state index contributed by atoms with van der Waals surface area (Å²) in [7, 11) is -4.10. The van der Waals surface area contributed by atoms with E-state index in [1.807, 2.05) is 0 Å². The van der Waals surface area contributed by atoms with Gasteiger partial charge in [-0.25, -0.2) is 8.42 Å². The van der Waals surface area contributed by atoms with Gasteiger partial charge in [-0.15, -0.1) is 0 Å². The molecular weight excluding hydrogens is 397 g/mol. The summed E-state index contributed by atoms with van der Waals surface area (Å²) in [5.41, 5.74) is -1.11. The third-order valence-corrected chi connectivity index (χ3v) is 4.87. The van der Waals surface area contributed by atoms with Gasteiger partial charge in [0.2, 0.25) is 0 Å². The van der Waals surface area contributed by atoms with Crippen LogP contribution in [0.2, 0.25) is 0 Å². The molecule has 0 aromatic heterocycles. The summed E-state index contributed by atoms with van der Waals surface area (Å²) in [5, 5.41) is 8.78. The first kappa shape index (κ1) is 17.3. The van der Waals surface area contributed by atoms with E-state index in [0.717, 1.165) is 12.1 Å². The third-order valence-electron chi connectivity index (χ3n) is 2.80. The Kier molecular flexibility index (Phi) is 4.68. The molecule has 0 saturated heterocycles. The minimum absolute atomic E-state index is 0.125. The fourth-order valence-electron chi connectivity index (χ4n) is 1.75. The van der Waals surface area contributed by atoms with Crippen LogP contribution in [0.1, 0.15) is 11.1 Å². The Morgan fingerprint density at radius 3 is 2.43 bits per heavy atom. The standard InChI is InChI=1S/C14H8BrF3N2O2S/c15-13-5-4-10(7-12(13)14(16,17)18)20-23(21,22)11-3-1-2-9(6-11)8-19/h1-7,20H. The molecule has 0 aliphatic carbocycles. The predicted octanol–water partition coefficient (Wildman–Crippen LogP) is 4.14. The summed E-state index contributed by atoms with van der Waals surface area (Å²) >= 11 is 2.78. The topological polar surface area (TPSA) is 70.0 Å². The molecule has 120 valence electrons. The average Bonchev–Trinajstić information content (AvgIpc) is 2.48. The fourth-order valence-corrected chi connectivity index (χ4v) is 3.32. The van der Waals surface area contributed by atoms with Crippen LogP contribution in [-0.2, 0) is 16.2 Å². The van der Waals surface area contributed by atoms with Crippen LogP contribution in [0.4, 0.5) is 18.9 Å². The molecule has 23 heavy (non-hydrogen) atoms. The second kappa shape index (κ2) is 6.22. The first-order chi connectivity index (χ1) is 10.6. The van der Waals surface area contributed by atoms with Crippen molar-refractivity contribution in [1.82, 2.24) is 0 Å². The number of hydrogen-bond donors (Lipinski definition) is 1. The maximum atomic E-state index is 12.8. The molecule has 0 unspecified atom stereocenters. The first-order valence-electron chi connectivity index (χ1n) is 6.03. The van der Waals surface area contributed by atoms with Crippen molar-refractivity contribution in [2.75, 3.05) is 4.72 Å². The van der Waals surface area contributed by atoms with E-state index in [4.69, 9.17) is 5.26 Å². The number of hydrogen-bond acceptors (Lipinski definition) is 3. The average molecular weight is 405 g/mol. The summed E-state index contributed by atoms with van der Waals surface area (Å²) < 4.78 is 64.8. The Labute approximate surface area is 138 Å². The van der Waals surface area contributed by atoms with Crippen LogP contribution in [0.5, 0.6) is 0 Å². The van der Waals surface area contributed by atoms with E-state index >= 15 is 0 Å². The van der Waals surface area contributed by atoms with E-state index in [2.05, 4.69) is 20.7 Å². The Morgan fingerprint density at radius 2 is 1.83 bits per heavy atom. The molecule has 0 fully saturated rings. The Balaban J connectivity index is 2.40. The van der Waals surface area contributed by atoms with Gasteiger partial charge in [-0.3, -0.25) is 4.72 Å². The highest BCUT2D eigenvalue weighted by atomic mass is 79.9. The summed E-state index contributed by atoms with van der Waals surface area (Å²) in [6, 6.07) is 9.95.